The Morgan fingerprint density at radius 3 is 3.07 bits per heavy atom. The van der Waals surface area contributed by atoms with Gasteiger partial charge in [-0.3, -0.25) is 0 Å². The van der Waals surface area contributed by atoms with E-state index >= 15 is 0 Å². The van der Waals surface area contributed by atoms with E-state index in [1.165, 1.54) is 16.8 Å². The number of benzene rings is 1. The van der Waals surface area contributed by atoms with Crippen molar-refractivity contribution in [1.29, 1.82) is 0 Å². The molecule has 0 unspecified atom stereocenters. The Bertz CT molecular complexity index is 499. The highest BCUT2D eigenvalue weighted by Gasteiger charge is 2.21. The van der Waals surface area contributed by atoms with Crippen LogP contribution in [-0.2, 0) is 12.8 Å². The van der Waals surface area contributed by atoms with Gasteiger partial charge in [0, 0.05) is 24.1 Å². The van der Waals surface area contributed by atoms with Gasteiger partial charge in [-0.05, 0) is 12.1 Å². The third-order valence-corrected chi connectivity index (χ3v) is 2.85. The van der Waals surface area contributed by atoms with Crippen molar-refractivity contribution in [3.63, 3.8) is 0 Å². The number of H-pyrrole nitrogens is 1. The van der Waals surface area contributed by atoms with Gasteiger partial charge in [-0.25, -0.2) is 4.98 Å². The fourth-order valence-electron chi connectivity index (χ4n) is 2.17. The molecule has 76 valence electrons. The molecule has 3 N–H and O–H groups in total. The highest BCUT2D eigenvalue weighted by Crippen LogP contribution is 2.34. The molecule has 1 aliphatic carbocycles. The molecule has 0 bridgehead atoms. The Morgan fingerprint density at radius 2 is 2.20 bits per heavy atom. The zero-order valence-electron chi connectivity index (χ0n) is 8.46. The molecule has 1 heterocycles. The molecule has 1 aromatic heterocycles. The number of aromatic nitrogens is 2. The van der Waals surface area contributed by atoms with Gasteiger partial charge in [0.15, 0.2) is 0 Å². The van der Waals surface area contributed by atoms with Crippen LogP contribution in [0.5, 0.6) is 0 Å². The number of nitrogens with one attached hydrogen (secondary N) is 1. The molecule has 1 aromatic carbocycles. The largest absolute Gasteiger partial charge is 0.345 e. The molecule has 0 aliphatic heterocycles. The van der Waals surface area contributed by atoms with Crippen LogP contribution in [0.2, 0.25) is 0 Å². The average Bonchev–Trinajstić information content (AvgIpc) is 2.75. The summed E-state index contributed by atoms with van der Waals surface area (Å²) < 4.78 is 0. The van der Waals surface area contributed by atoms with Crippen molar-refractivity contribution in [2.24, 2.45) is 5.73 Å². The second-order valence-electron chi connectivity index (χ2n) is 3.88. The summed E-state index contributed by atoms with van der Waals surface area (Å²) in [5.74, 6) is 1.01. The Kier molecular flexibility index (Phi) is 1.86. The van der Waals surface area contributed by atoms with Gasteiger partial charge >= 0.3 is 0 Å². The minimum atomic E-state index is 0.647. The van der Waals surface area contributed by atoms with E-state index in [1.807, 2.05) is 0 Å². The molecule has 0 atom stereocenters. The van der Waals surface area contributed by atoms with Crippen LogP contribution in [0.1, 0.15) is 17.1 Å². The van der Waals surface area contributed by atoms with Gasteiger partial charge < -0.3 is 10.7 Å². The minimum Gasteiger partial charge on any atom is -0.345 e. The Morgan fingerprint density at radius 1 is 1.33 bits per heavy atom. The Labute approximate surface area is 88.3 Å². The summed E-state index contributed by atoms with van der Waals surface area (Å²) in [5, 5.41) is 0. The summed E-state index contributed by atoms with van der Waals surface area (Å²) >= 11 is 0. The van der Waals surface area contributed by atoms with Crippen LogP contribution in [0, 0.1) is 0 Å². The number of aromatic amines is 1. The number of nitrogens with two attached hydrogens (primary N) is 1. The summed E-state index contributed by atoms with van der Waals surface area (Å²) in [6.45, 7) is 0.647. The minimum absolute atomic E-state index is 0.647. The summed E-state index contributed by atoms with van der Waals surface area (Å²) in [4.78, 5) is 7.94. The third-order valence-electron chi connectivity index (χ3n) is 2.85. The second-order valence-corrected chi connectivity index (χ2v) is 3.88. The van der Waals surface area contributed by atoms with E-state index in [2.05, 4.69) is 34.2 Å². The van der Waals surface area contributed by atoms with E-state index in [9.17, 15) is 0 Å². The predicted octanol–water partition coefficient (Wildman–Crippen LogP) is 1.48. The van der Waals surface area contributed by atoms with Crippen molar-refractivity contribution in [1.82, 2.24) is 9.97 Å². The first-order valence-corrected chi connectivity index (χ1v) is 5.24. The van der Waals surface area contributed by atoms with Crippen molar-refractivity contribution in [2.45, 2.75) is 12.8 Å². The van der Waals surface area contributed by atoms with E-state index < -0.39 is 0 Å². The Hall–Kier alpha value is -1.61. The van der Waals surface area contributed by atoms with E-state index in [4.69, 9.17) is 5.73 Å². The third kappa shape index (κ3) is 1.27. The monoisotopic (exact) mass is 199 g/mol. The zero-order chi connectivity index (χ0) is 10.3. The summed E-state index contributed by atoms with van der Waals surface area (Å²) in [6.07, 6.45) is 1.80. The summed E-state index contributed by atoms with van der Waals surface area (Å²) in [5.41, 5.74) is 10.5. The molecule has 1 aliphatic rings. The van der Waals surface area contributed by atoms with E-state index in [1.54, 1.807) is 0 Å². The van der Waals surface area contributed by atoms with Crippen LogP contribution in [0.15, 0.2) is 24.3 Å². The van der Waals surface area contributed by atoms with E-state index in [-0.39, 0.29) is 0 Å². The first kappa shape index (κ1) is 8.68. The number of fused-ring (bicyclic) bond motifs is 3. The van der Waals surface area contributed by atoms with Crippen LogP contribution >= 0.6 is 0 Å². The molecule has 3 nitrogen and oxygen atoms in total. The maximum atomic E-state index is 5.51. The lowest BCUT2D eigenvalue weighted by atomic mass is 10.1. The topological polar surface area (TPSA) is 54.7 Å². The normalized spacial score (nSPS) is 12.6. The van der Waals surface area contributed by atoms with Crippen LogP contribution in [0.25, 0.3) is 11.3 Å². The molecule has 15 heavy (non-hydrogen) atoms. The Balaban J connectivity index is 2.07. The van der Waals surface area contributed by atoms with Crippen molar-refractivity contribution in [3.8, 4) is 11.3 Å². The highest BCUT2D eigenvalue weighted by atomic mass is 14.9. The lowest BCUT2D eigenvalue weighted by molar-refractivity contribution is 0.886. The quantitative estimate of drug-likeness (QED) is 0.657. The number of hydrogen-bond donors (Lipinski definition) is 2. The van der Waals surface area contributed by atoms with Gasteiger partial charge in [0.2, 0.25) is 0 Å². The average molecular weight is 199 g/mol. The predicted molar refractivity (Wildman–Crippen MR) is 59.6 cm³/mol. The molecular formula is C12H13N3. The molecular weight excluding hydrogens is 186 g/mol. The highest BCUT2D eigenvalue weighted by molar-refractivity contribution is 5.72. The molecule has 0 saturated carbocycles. The van der Waals surface area contributed by atoms with Gasteiger partial charge in [0.25, 0.3) is 0 Å². The lowest BCUT2D eigenvalue weighted by Crippen LogP contribution is -2.04. The van der Waals surface area contributed by atoms with Crippen molar-refractivity contribution in [2.75, 3.05) is 6.54 Å². The van der Waals surface area contributed by atoms with E-state index in [0.717, 1.165) is 24.4 Å². The van der Waals surface area contributed by atoms with Crippen molar-refractivity contribution >= 4 is 0 Å². The molecule has 3 rings (SSSR count). The van der Waals surface area contributed by atoms with Gasteiger partial charge in [-0.15, -0.1) is 0 Å². The van der Waals surface area contributed by atoms with Crippen LogP contribution in [0.3, 0.4) is 0 Å². The molecule has 0 spiro atoms. The second kappa shape index (κ2) is 3.21. The first-order valence-electron chi connectivity index (χ1n) is 5.24. The molecule has 0 saturated heterocycles. The SMILES string of the molecule is NCCc1nc2c([nH]1)Cc1ccccc1-2. The lowest BCUT2D eigenvalue weighted by Gasteiger charge is -1.97. The summed E-state index contributed by atoms with van der Waals surface area (Å²) in [6, 6.07) is 8.43. The fraction of sp³-hybridized carbons (Fsp3) is 0.250. The van der Waals surface area contributed by atoms with Gasteiger partial charge in [0.05, 0.1) is 5.69 Å². The first-order chi connectivity index (χ1) is 7.38. The number of hydrogen-bond acceptors (Lipinski definition) is 2. The van der Waals surface area contributed by atoms with Crippen molar-refractivity contribution in [3.05, 3.63) is 41.3 Å². The number of rotatable bonds is 2. The number of nitrogens with zero attached hydrogens (tertiary/aromatic N) is 1. The van der Waals surface area contributed by atoms with Crippen molar-refractivity contribution < 1.29 is 0 Å². The zero-order valence-corrected chi connectivity index (χ0v) is 8.46. The van der Waals surface area contributed by atoms with Gasteiger partial charge in [-0.2, -0.15) is 0 Å². The molecule has 3 heteroatoms. The number of imidazole rings is 1. The molecule has 2 aromatic rings. The summed E-state index contributed by atoms with van der Waals surface area (Å²) in [7, 11) is 0. The van der Waals surface area contributed by atoms with Crippen LogP contribution < -0.4 is 5.73 Å². The molecule has 0 radical (unpaired) electrons. The maximum Gasteiger partial charge on any atom is 0.108 e. The van der Waals surface area contributed by atoms with E-state index in [0.29, 0.717) is 6.54 Å². The van der Waals surface area contributed by atoms with Crippen LogP contribution in [0.4, 0.5) is 0 Å². The smallest absolute Gasteiger partial charge is 0.108 e. The molecule has 0 fully saturated rings. The molecule has 0 amide bonds. The van der Waals surface area contributed by atoms with Gasteiger partial charge in [-0.1, -0.05) is 24.3 Å². The van der Waals surface area contributed by atoms with Gasteiger partial charge in [0.1, 0.15) is 5.82 Å². The standard InChI is InChI=1S/C12H13N3/c13-6-5-11-14-10-7-8-3-1-2-4-9(8)12(10)15-11/h1-4H,5-7,13H2,(H,14,15). The fourth-order valence-corrected chi connectivity index (χ4v) is 2.17. The maximum absolute atomic E-state index is 5.51. The van der Waals surface area contributed by atoms with Crippen LogP contribution in [-0.4, -0.2) is 16.5 Å².